The van der Waals surface area contributed by atoms with Gasteiger partial charge in [-0.3, -0.25) is 4.99 Å². The fraction of sp³-hybridized carbons (Fsp3) is 0.533. The van der Waals surface area contributed by atoms with Gasteiger partial charge in [0, 0.05) is 18.8 Å². The van der Waals surface area contributed by atoms with Crippen molar-refractivity contribution in [1.29, 1.82) is 0 Å². The minimum atomic E-state index is -3.30. The van der Waals surface area contributed by atoms with E-state index >= 15 is 0 Å². The number of ether oxygens (including phenoxy) is 1. The largest absolute Gasteiger partial charge is 0.379 e. The van der Waals surface area contributed by atoms with Crippen LogP contribution in [-0.4, -0.2) is 57.3 Å². The maximum Gasteiger partial charge on any atom is 0.216 e. The zero-order valence-electron chi connectivity index (χ0n) is 13.6. The van der Waals surface area contributed by atoms with Crippen LogP contribution in [0.25, 0.3) is 0 Å². The van der Waals surface area contributed by atoms with Crippen molar-refractivity contribution >= 4 is 21.7 Å². The number of benzene rings is 1. The summed E-state index contributed by atoms with van der Waals surface area (Å²) in [6, 6.07) is 5.98. The van der Waals surface area contributed by atoms with E-state index in [2.05, 4.69) is 16.4 Å². The number of guanidine groups is 1. The molecule has 0 aromatic heterocycles. The molecule has 1 aliphatic rings. The molecule has 0 spiro atoms. The fourth-order valence-corrected chi connectivity index (χ4v) is 3.76. The molecule has 7 nitrogen and oxygen atoms in total. The lowest BCUT2D eigenvalue weighted by Crippen LogP contribution is -2.42. The summed E-state index contributed by atoms with van der Waals surface area (Å²) in [5.74, 6) is 0.162. The summed E-state index contributed by atoms with van der Waals surface area (Å²) < 4.78 is 30.9. The lowest BCUT2D eigenvalue weighted by atomic mass is 10.1. The topological polar surface area (TPSA) is 97.0 Å². The molecule has 1 fully saturated rings. The van der Waals surface area contributed by atoms with Crippen molar-refractivity contribution in [1.82, 2.24) is 4.31 Å². The lowest BCUT2D eigenvalue weighted by molar-refractivity contribution is 0.0731. The van der Waals surface area contributed by atoms with Gasteiger partial charge in [-0.1, -0.05) is 6.07 Å². The van der Waals surface area contributed by atoms with Gasteiger partial charge in [0.05, 0.1) is 25.5 Å². The molecule has 1 aromatic rings. The maximum atomic E-state index is 12.2. The highest BCUT2D eigenvalue weighted by atomic mass is 32.2. The second kappa shape index (κ2) is 7.76. The van der Waals surface area contributed by atoms with Gasteiger partial charge in [-0.25, -0.2) is 8.42 Å². The van der Waals surface area contributed by atoms with Gasteiger partial charge in [0.2, 0.25) is 10.0 Å². The third-order valence-electron chi connectivity index (χ3n) is 3.49. The van der Waals surface area contributed by atoms with E-state index in [1.165, 1.54) is 4.31 Å². The Labute approximate surface area is 137 Å². The minimum Gasteiger partial charge on any atom is -0.379 e. The van der Waals surface area contributed by atoms with Crippen LogP contribution < -0.4 is 11.1 Å². The fourth-order valence-electron chi connectivity index (χ4n) is 2.47. The van der Waals surface area contributed by atoms with E-state index < -0.39 is 10.0 Å². The highest BCUT2D eigenvalue weighted by Gasteiger charge is 2.23. The Morgan fingerprint density at radius 2 is 1.87 bits per heavy atom. The molecule has 1 aliphatic heterocycles. The number of nitrogens with one attached hydrogen (secondary N) is 1. The molecule has 0 radical (unpaired) electrons. The molecule has 8 heteroatoms. The molecule has 2 rings (SSSR count). The Morgan fingerprint density at radius 1 is 1.26 bits per heavy atom. The summed E-state index contributed by atoms with van der Waals surface area (Å²) >= 11 is 0. The van der Waals surface area contributed by atoms with Crippen molar-refractivity contribution in [3.63, 3.8) is 0 Å². The number of sulfonamides is 1. The van der Waals surface area contributed by atoms with E-state index in [4.69, 9.17) is 10.5 Å². The number of hydrogen-bond acceptors (Lipinski definition) is 4. The molecule has 0 saturated carbocycles. The van der Waals surface area contributed by atoms with Crippen LogP contribution in [0.1, 0.15) is 11.1 Å². The van der Waals surface area contributed by atoms with Crippen LogP contribution in [0.3, 0.4) is 0 Å². The van der Waals surface area contributed by atoms with Gasteiger partial charge in [0.25, 0.3) is 0 Å². The predicted molar refractivity (Wildman–Crippen MR) is 92.2 cm³/mol. The summed E-state index contributed by atoms with van der Waals surface area (Å²) in [5.41, 5.74) is 8.91. The van der Waals surface area contributed by atoms with Crippen LogP contribution in [0.15, 0.2) is 23.2 Å². The second-order valence-electron chi connectivity index (χ2n) is 5.60. The first-order valence-corrected chi connectivity index (χ1v) is 9.18. The first-order chi connectivity index (χ1) is 10.9. The van der Waals surface area contributed by atoms with Gasteiger partial charge in [-0.05, 0) is 37.1 Å². The molecule has 3 N–H and O–H groups in total. The Morgan fingerprint density at radius 3 is 2.48 bits per heavy atom. The van der Waals surface area contributed by atoms with E-state index in [1.54, 1.807) is 0 Å². The number of aliphatic imine (C=N–C) groups is 1. The Balaban J connectivity index is 1.89. The summed E-state index contributed by atoms with van der Waals surface area (Å²) in [5, 5.41) is 2.99. The van der Waals surface area contributed by atoms with Crippen LogP contribution in [0, 0.1) is 13.8 Å². The van der Waals surface area contributed by atoms with E-state index in [9.17, 15) is 8.42 Å². The highest BCUT2D eigenvalue weighted by Crippen LogP contribution is 2.13. The van der Waals surface area contributed by atoms with Crippen LogP contribution in [-0.2, 0) is 14.8 Å². The third kappa shape index (κ3) is 5.49. The monoisotopic (exact) mass is 340 g/mol. The molecule has 23 heavy (non-hydrogen) atoms. The molecule has 1 saturated heterocycles. The van der Waals surface area contributed by atoms with E-state index in [-0.39, 0.29) is 18.3 Å². The smallest absolute Gasteiger partial charge is 0.216 e. The Kier molecular flexibility index (Phi) is 5.97. The van der Waals surface area contributed by atoms with Crippen molar-refractivity contribution in [3.05, 3.63) is 29.3 Å². The number of morpholine rings is 1. The molecule has 0 amide bonds. The van der Waals surface area contributed by atoms with E-state index in [0.717, 1.165) is 16.8 Å². The van der Waals surface area contributed by atoms with Crippen LogP contribution in [0.2, 0.25) is 0 Å². The molecule has 1 aromatic carbocycles. The Hall–Kier alpha value is -1.64. The normalized spacial score (nSPS) is 17.2. The van der Waals surface area contributed by atoms with E-state index in [0.29, 0.717) is 26.3 Å². The first-order valence-electron chi connectivity index (χ1n) is 7.57. The average molecular weight is 340 g/mol. The van der Waals surface area contributed by atoms with Gasteiger partial charge < -0.3 is 15.8 Å². The molecule has 128 valence electrons. The lowest BCUT2D eigenvalue weighted by Gasteiger charge is -2.25. The third-order valence-corrected chi connectivity index (χ3v) is 5.34. The summed E-state index contributed by atoms with van der Waals surface area (Å²) in [4.78, 5) is 4.11. The van der Waals surface area contributed by atoms with Crippen molar-refractivity contribution in [2.75, 3.05) is 43.9 Å². The first kappa shape index (κ1) is 17.7. The highest BCUT2D eigenvalue weighted by molar-refractivity contribution is 7.89. The summed E-state index contributed by atoms with van der Waals surface area (Å²) in [6.07, 6.45) is 0. The van der Waals surface area contributed by atoms with Gasteiger partial charge in [0.1, 0.15) is 0 Å². The second-order valence-corrected chi connectivity index (χ2v) is 7.68. The van der Waals surface area contributed by atoms with Gasteiger partial charge >= 0.3 is 0 Å². The van der Waals surface area contributed by atoms with Crippen molar-refractivity contribution < 1.29 is 13.2 Å². The SMILES string of the molecule is Cc1cc(C)cc(NC(N)=NCCS(=O)(=O)N2CCOCC2)c1. The average Bonchev–Trinajstić information content (AvgIpc) is 2.46. The quantitative estimate of drug-likeness (QED) is 0.607. The molecule has 1 heterocycles. The number of aryl methyl sites for hydroxylation is 2. The molecule has 0 aliphatic carbocycles. The minimum absolute atomic E-state index is 0.0533. The zero-order valence-corrected chi connectivity index (χ0v) is 14.4. The van der Waals surface area contributed by atoms with Gasteiger partial charge in [-0.2, -0.15) is 4.31 Å². The predicted octanol–water partition coefficient (Wildman–Crippen LogP) is 0.692. The molecular weight excluding hydrogens is 316 g/mol. The number of nitrogens with two attached hydrogens (primary N) is 1. The van der Waals surface area contributed by atoms with Crippen molar-refractivity contribution in [3.8, 4) is 0 Å². The number of nitrogens with zero attached hydrogens (tertiary/aromatic N) is 2. The van der Waals surface area contributed by atoms with E-state index in [1.807, 2.05) is 26.0 Å². The molecular formula is C15H24N4O3S. The number of anilines is 1. The standard InChI is InChI=1S/C15H24N4O3S/c1-12-9-13(2)11-14(10-12)18-15(16)17-3-8-23(20,21)19-4-6-22-7-5-19/h9-11H,3-8H2,1-2H3,(H3,16,17,18). The van der Waals surface area contributed by atoms with Gasteiger partial charge in [-0.15, -0.1) is 0 Å². The number of hydrogen-bond donors (Lipinski definition) is 2. The molecule has 0 atom stereocenters. The van der Waals surface area contributed by atoms with Crippen molar-refractivity contribution in [2.24, 2.45) is 10.7 Å². The van der Waals surface area contributed by atoms with Crippen molar-refractivity contribution in [2.45, 2.75) is 13.8 Å². The van der Waals surface area contributed by atoms with Crippen LogP contribution in [0.4, 0.5) is 5.69 Å². The van der Waals surface area contributed by atoms with Crippen LogP contribution >= 0.6 is 0 Å². The summed E-state index contributed by atoms with van der Waals surface area (Å²) in [6.45, 7) is 5.83. The van der Waals surface area contributed by atoms with Gasteiger partial charge in [0.15, 0.2) is 5.96 Å². The summed E-state index contributed by atoms with van der Waals surface area (Å²) in [7, 11) is -3.30. The van der Waals surface area contributed by atoms with Crippen LogP contribution in [0.5, 0.6) is 0 Å². The number of rotatable bonds is 5. The zero-order chi connectivity index (χ0) is 16.9. The molecule has 0 bridgehead atoms. The Bertz CT molecular complexity index is 647. The molecule has 0 unspecified atom stereocenters. The maximum absolute atomic E-state index is 12.2.